The lowest BCUT2D eigenvalue weighted by atomic mass is 10.1. The number of thiazole rings is 1. The van der Waals surface area contributed by atoms with Crippen LogP contribution in [-0.2, 0) is 4.74 Å². The van der Waals surface area contributed by atoms with Crippen LogP contribution in [0.15, 0.2) is 30.6 Å². The van der Waals surface area contributed by atoms with Crippen LogP contribution in [-0.4, -0.2) is 64.4 Å². The minimum Gasteiger partial charge on any atom is -0.378 e. The van der Waals surface area contributed by atoms with Crippen LogP contribution in [0.3, 0.4) is 0 Å². The lowest BCUT2D eigenvalue weighted by Gasteiger charge is -2.45. The summed E-state index contributed by atoms with van der Waals surface area (Å²) in [6.07, 6.45) is 4.06. The molecule has 2 aliphatic heterocycles. The molecule has 0 bridgehead atoms. The molecule has 3 aromatic rings. The fourth-order valence-corrected chi connectivity index (χ4v) is 5.36. The highest BCUT2D eigenvalue weighted by Crippen LogP contribution is 2.37. The van der Waals surface area contributed by atoms with E-state index in [2.05, 4.69) is 52.4 Å². The Kier molecular flexibility index (Phi) is 4.61. The van der Waals surface area contributed by atoms with Crippen molar-refractivity contribution in [2.45, 2.75) is 38.8 Å². The number of rotatable bonds is 4. The van der Waals surface area contributed by atoms with Crippen LogP contribution in [0.1, 0.15) is 32.3 Å². The molecule has 28 heavy (non-hydrogen) atoms. The van der Waals surface area contributed by atoms with Crippen molar-refractivity contribution in [1.29, 1.82) is 0 Å². The van der Waals surface area contributed by atoms with E-state index < -0.39 is 0 Å². The summed E-state index contributed by atoms with van der Waals surface area (Å²) < 4.78 is 7.59. The van der Waals surface area contributed by atoms with Gasteiger partial charge in [-0.1, -0.05) is 31.3 Å². The number of piperazine rings is 1. The van der Waals surface area contributed by atoms with Gasteiger partial charge in [-0.05, 0) is 25.0 Å². The van der Waals surface area contributed by atoms with E-state index in [9.17, 15) is 0 Å². The van der Waals surface area contributed by atoms with Crippen molar-refractivity contribution < 1.29 is 4.74 Å². The van der Waals surface area contributed by atoms with Gasteiger partial charge in [-0.15, -0.1) is 0 Å². The van der Waals surface area contributed by atoms with Crippen LogP contribution in [0.5, 0.6) is 0 Å². The number of hydrogen-bond acceptors (Lipinski definition) is 6. The Balaban J connectivity index is 1.49. The van der Waals surface area contributed by atoms with E-state index in [0.29, 0.717) is 18.0 Å². The highest BCUT2D eigenvalue weighted by atomic mass is 32.1. The van der Waals surface area contributed by atoms with E-state index >= 15 is 0 Å². The van der Waals surface area contributed by atoms with Gasteiger partial charge in [0, 0.05) is 43.6 Å². The molecule has 148 valence electrons. The van der Waals surface area contributed by atoms with Gasteiger partial charge in [-0.25, -0.2) is 9.97 Å². The standard InChI is InChI=1S/C21H27N5OS/c1-14(2)17-11-26(18-6-4-5-7-22-18)20-19(17)23-21(28-20)25-9-8-24(10-15(25)3)16-12-27-13-16/h4-7,11,14-16H,8-10,12-13H2,1-3H3. The fraction of sp³-hybridized carbons (Fsp3) is 0.524. The van der Waals surface area contributed by atoms with Gasteiger partial charge in [-0.2, -0.15) is 0 Å². The molecule has 2 fully saturated rings. The summed E-state index contributed by atoms with van der Waals surface area (Å²) in [5, 5.41) is 1.13. The molecular formula is C21H27N5OS. The first-order valence-electron chi connectivity index (χ1n) is 10.1. The molecule has 0 N–H and O–H groups in total. The minimum absolute atomic E-state index is 0.426. The fourth-order valence-electron chi connectivity index (χ4n) is 4.16. The van der Waals surface area contributed by atoms with Crippen molar-refractivity contribution in [3.8, 4) is 5.82 Å². The van der Waals surface area contributed by atoms with Crippen molar-refractivity contribution in [3.63, 3.8) is 0 Å². The van der Waals surface area contributed by atoms with Crippen LogP contribution in [0, 0.1) is 0 Å². The molecule has 1 atom stereocenters. The topological polar surface area (TPSA) is 46.4 Å². The van der Waals surface area contributed by atoms with Gasteiger partial charge in [0.05, 0.1) is 19.3 Å². The number of ether oxygens (including phenoxy) is 1. The maximum Gasteiger partial charge on any atom is 0.188 e. The van der Waals surface area contributed by atoms with Gasteiger partial charge in [0.15, 0.2) is 5.13 Å². The van der Waals surface area contributed by atoms with Gasteiger partial charge in [0.1, 0.15) is 16.2 Å². The van der Waals surface area contributed by atoms with Crippen LogP contribution in [0.4, 0.5) is 5.13 Å². The third kappa shape index (κ3) is 3.02. The summed E-state index contributed by atoms with van der Waals surface area (Å²) in [5.41, 5.74) is 2.42. The molecule has 5 heterocycles. The number of nitrogens with zero attached hydrogens (tertiary/aromatic N) is 5. The van der Waals surface area contributed by atoms with E-state index in [1.54, 1.807) is 11.3 Å². The maximum absolute atomic E-state index is 5.38. The molecule has 7 heteroatoms. The Morgan fingerprint density at radius 2 is 2.07 bits per heavy atom. The number of aromatic nitrogens is 3. The summed E-state index contributed by atoms with van der Waals surface area (Å²) in [7, 11) is 0. The molecule has 0 aliphatic carbocycles. The molecule has 0 spiro atoms. The van der Waals surface area contributed by atoms with Gasteiger partial charge >= 0.3 is 0 Å². The zero-order chi connectivity index (χ0) is 19.3. The molecule has 1 unspecified atom stereocenters. The lowest BCUT2D eigenvalue weighted by molar-refractivity contribution is -0.0691. The van der Waals surface area contributed by atoms with E-state index in [-0.39, 0.29) is 0 Å². The molecule has 2 aliphatic rings. The SMILES string of the molecule is CC(C)c1cn(-c2ccccn2)c2sc(N3CCN(C4COC4)CC3C)nc12. The third-order valence-corrected chi connectivity index (χ3v) is 7.01. The quantitative estimate of drug-likeness (QED) is 0.674. The van der Waals surface area contributed by atoms with Crippen molar-refractivity contribution >= 4 is 26.8 Å². The largest absolute Gasteiger partial charge is 0.378 e. The van der Waals surface area contributed by atoms with Crippen molar-refractivity contribution in [1.82, 2.24) is 19.4 Å². The van der Waals surface area contributed by atoms with Crippen LogP contribution in [0.25, 0.3) is 16.2 Å². The second kappa shape index (κ2) is 7.13. The molecule has 6 nitrogen and oxygen atoms in total. The van der Waals surface area contributed by atoms with Gasteiger partial charge in [0.2, 0.25) is 0 Å². The highest BCUT2D eigenvalue weighted by molar-refractivity contribution is 7.22. The molecule has 2 saturated heterocycles. The van der Waals surface area contributed by atoms with E-state index in [1.807, 2.05) is 18.3 Å². The summed E-state index contributed by atoms with van der Waals surface area (Å²) in [6.45, 7) is 11.7. The van der Waals surface area contributed by atoms with Gasteiger partial charge in [0.25, 0.3) is 0 Å². The van der Waals surface area contributed by atoms with Crippen LogP contribution >= 0.6 is 11.3 Å². The Morgan fingerprint density at radius 3 is 2.71 bits per heavy atom. The second-order valence-corrected chi connectivity index (χ2v) is 9.13. The van der Waals surface area contributed by atoms with E-state index in [1.165, 1.54) is 10.4 Å². The molecule has 3 aromatic heterocycles. The van der Waals surface area contributed by atoms with Crippen LogP contribution in [0.2, 0.25) is 0 Å². The summed E-state index contributed by atoms with van der Waals surface area (Å²) in [5.74, 6) is 1.38. The number of fused-ring (bicyclic) bond motifs is 1. The summed E-state index contributed by atoms with van der Waals surface area (Å²) >= 11 is 1.79. The zero-order valence-corrected chi connectivity index (χ0v) is 17.5. The van der Waals surface area contributed by atoms with Crippen molar-refractivity contribution in [3.05, 3.63) is 36.2 Å². The van der Waals surface area contributed by atoms with Crippen LogP contribution < -0.4 is 4.90 Å². The Hall–Kier alpha value is -1.96. The molecule has 0 amide bonds. The smallest absolute Gasteiger partial charge is 0.188 e. The van der Waals surface area contributed by atoms with E-state index in [4.69, 9.17) is 9.72 Å². The van der Waals surface area contributed by atoms with Crippen molar-refractivity contribution in [2.75, 3.05) is 37.7 Å². The third-order valence-electron chi connectivity index (χ3n) is 5.92. The van der Waals surface area contributed by atoms with Gasteiger partial charge in [-0.3, -0.25) is 9.47 Å². The monoisotopic (exact) mass is 397 g/mol. The second-order valence-electron chi connectivity index (χ2n) is 8.18. The predicted molar refractivity (Wildman–Crippen MR) is 114 cm³/mol. The molecular weight excluding hydrogens is 370 g/mol. The Labute approximate surface area is 169 Å². The highest BCUT2D eigenvalue weighted by Gasteiger charge is 2.33. The zero-order valence-electron chi connectivity index (χ0n) is 16.7. The lowest BCUT2D eigenvalue weighted by Crippen LogP contribution is -2.59. The minimum atomic E-state index is 0.426. The first-order chi connectivity index (χ1) is 13.6. The number of hydrogen-bond donors (Lipinski definition) is 0. The molecule has 0 radical (unpaired) electrons. The Bertz CT molecular complexity index is 962. The molecule has 0 aromatic carbocycles. The number of anilines is 1. The predicted octanol–water partition coefficient (Wildman–Crippen LogP) is 3.51. The van der Waals surface area contributed by atoms with E-state index in [0.717, 1.165) is 49.3 Å². The Morgan fingerprint density at radius 1 is 1.21 bits per heavy atom. The average Bonchev–Trinajstić information content (AvgIpc) is 3.20. The molecule has 0 saturated carbocycles. The van der Waals surface area contributed by atoms with Gasteiger partial charge < -0.3 is 9.64 Å². The first kappa shape index (κ1) is 18.1. The average molecular weight is 398 g/mol. The maximum atomic E-state index is 5.38. The first-order valence-corrected chi connectivity index (χ1v) is 10.9. The number of pyridine rings is 1. The molecule has 5 rings (SSSR count). The normalized spacial score (nSPS) is 21.6. The summed E-state index contributed by atoms with van der Waals surface area (Å²) in [6, 6.07) is 7.12. The van der Waals surface area contributed by atoms with Crippen molar-refractivity contribution in [2.24, 2.45) is 0 Å². The summed E-state index contributed by atoms with van der Waals surface area (Å²) in [4.78, 5) is 15.9.